The van der Waals surface area contributed by atoms with Crippen molar-refractivity contribution < 1.29 is 14.6 Å². The van der Waals surface area contributed by atoms with Gasteiger partial charge in [0.25, 0.3) is 0 Å². The minimum atomic E-state index is 0.0733. The molecule has 0 saturated carbocycles. The van der Waals surface area contributed by atoms with Gasteiger partial charge >= 0.3 is 0 Å². The molecule has 0 bridgehead atoms. The minimum absolute atomic E-state index is 0.0733. The number of hydrogen-bond acceptors (Lipinski definition) is 3. The lowest BCUT2D eigenvalue weighted by molar-refractivity contribution is 0.280. The third-order valence-corrected chi connectivity index (χ3v) is 3.57. The van der Waals surface area contributed by atoms with Gasteiger partial charge in [0.1, 0.15) is 0 Å². The first-order chi connectivity index (χ1) is 9.60. The average molecular weight is 272 g/mol. The first-order valence-electron chi connectivity index (χ1n) is 6.54. The number of methoxy groups -OCH3 is 2. The van der Waals surface area contributed by atoms with Crippen LogP contribution in [0.5, 0.6) is 11.5 Å². The van der Waals surface area contributed by atoms with Gasteiger partial charge in [-0.25, -0.2) is 0 Å². The predicted molar refractivity (Wildman–Crippen MR) is 80.4 cm³/mol. The maximum atomic E-state index is 9.37. The zero-order chi connectivity index (χ0) is 14.7. The van der Waals surface area contributed by atoms with Crippen molar-refractivity contribution in [3.05, 3.63) is 47.0 Å². The molecule has 0 aliphatic rings. The molecule has 0 spiro atoms. The summed E-state index contributed by atoms with van der Waals surface area (Å²) < 4.78 is 10.6. The Balaban J connectivity index is 2.51. The number of hydrogen-bond donors (Lipinski definition) is 1. The Kier molecular flexibility index (Phi) is 4.30. The topological polar surface area (TPSA) is 38.7 Å². The van der Waals surface area contributed by atoms with Crippen molar-refractivity contribution in [2.75, 3.05) is 14.2 Å². The first-order valence-corrected chi connectivity index (χ1v) is 6.54. The Morgan fingerprint density at radius 3 is 1.95 bits per heavy atom. The van der Waals surface area contributed by atoms with Crippen molar-refractivity contribution in [3.8, 4) is 22.6 Å². The molecule has 20 heavy (non-hydrogen) atoms. The molecule has 3 nitrogen and oxygen atoms in total. The second-order valence-electron chi connectivity index (χ2n) is 4.82. The molecular formula is C17H20O3. The van der Waals surface area contributed by atoms with Crippen LogP contribution in [0.1, 0.15) is 16.7 Å². The van der Waals surface area contributed by atoms with E-state index < -0.39 is 0 Å². The van der Waals surface area contributed by atoms with Gasteiger partial charge in [-0.1, -0.05) is 18.2 Å². The number of aliphatic hydroxyl groups is 1. The normalized spacial score (nSPS) is 10.4. The zero-order valence-corrected chi connectivity index (χ0v) is 12.4. The van der Waals surface area contributed by atoms with Crippen LogP contribution >= 0.6 is 0 Å². The van der Waals surface area contributed by atoms with E-state index in [1.807, 2.05) is 32.0 Å². The lowest BCUT2D eigenvalue weighted by Gasteiger charge is -2.13. The summed E-state index contributed by atoms with van der Waals surface area (Å²) in [5.41, 5.74) is 5.36. The zero-order valence-electron chi connectivity index (χ0n) is 12.4. The van der Waals surface area contributed by atoms with Crippen molar-refractivity contribution in [1.29, 1.82) is 0 Å². The molecule has 0 saturated heterocycles. The summed E-state index contributed by atoms with van der Waals surface area (Å²) in [4.78, 5) is 0. The minimum Gasteiger partial charge on any atom is -0.493 e. The maximum absolute atomic E-state index is 9.37. The number of rotatable bonds is 4. The van der Waals surface area contributed by atoms with E-state index in [-0.39, 0.29) is 6.61 Å². The summed E-state index contributed by atoms with van der Waals surface area (Å²) in [6.45, 7) is 4.11. The second-order valence-corrected chi connectivity index (χ2v) is 4.82. The van der Waals surface area contributed by atoms with Crippen molar-refractivity contribution in [2.24, 2.45) is 0 Å². The van der Waals surface area contributed by atoms with Gasteiger partial charge < -0.3 is 14.6 Å². The SMILES string of the molecule is COc1ccc(-c2cc(C)c(CO)c(C)c2)cc1OC. The van der Waals surface area contributed by atoms with Gasteiger partial charge in [-0.3, -0.25) is 0 Å². The lowest BCUT2D eigenvalue weighted by Crippen LogP contribution is -1.95. The molecule has 0 aromatic heterocycles. The number of aryl methyl sites for hydroxylation is 2. The molecule has 106 valence electrons. The smallest absolute Gasteiger partial charge is 0.161 e. The van der Waals surface area contributed by atoms with Gasteiger partial charge in [0.2, 0.25) is 0 Å². The van der Waals surface area contributed by atoms with Crippen molar-refractivity contribution >= 4 is 0 Å². The van der Waals surface area contributed by atoms with Crippen molar-refractivity contribution in [1.82, 2.24) is 0 Å². The molecule has 2 rings (SSSR count). The molecule has 0 aliphatic carbocycles. The van der Waals surface area contributed by atoms with E-state index in [1.165, 1.54) is 0 Å². The van der Waals surface area contributed by atoms with E-state index >= 15 is 0 Å². The van der Waals surface area contributed by atoms with E-state index in [0.29, 0.717) is 5.75 Å². The highest BCUT2D eigenvalue weighted by Gasteiger charge is 2.09. The van der Waals surface area contributed by atoms with Crippen LogP contribution in [0, 0.1) is 13.8 Å². The number of benzene rings is 2. The third-order valence-electron chi connectivity index (χ3n) is 3.57. The highest BCUT2D eigenvalue weighted by Crippen LogP contribution is 2.33. The first kappa shape index (κ1) is 14.4. The van der Waals surface area contributed by atoms with Crippen LogP contribution in [0.15, 0.2) is 30.3 Å². The Morgan fingerprint density at radius 1 is 0.850 bits per heavy atom. The van der Waals surface area contributed by atoms with Crippen LogP contribution in [0.25, 0.3) is 11.1 Å². The van der Waals surface area contributed by atoms with Crippen LogP contribution in [0.3, 0.4) is 0 Å². The fourth-order valence-electron chi connectivity index (χ4n) is 2.43. The monoisotopic (exact) mass is 272 g/mol. The second kappa shape index (κ2) is 5.97. The summed E-state index contributed by atoms with van der Waals surface area (Å²) >= 11 is 0. The summed E-state index contributed by atoms with van der Waals surface area (Å²) in [5.74, 6) is 1.43. The van der Waals surface area contributed by atoms with Crippen molar-refractivity contribution in [3.63, 3.8) is 0 Å². The molecule has 0 radical (unpaired) electrons. The van der Waals surface area contributed by atoms with E-state index in [2.05, 4.69) is 12.1 Å². The van der Waals surface area contributed by atoms with Crippen LogP contribution in [0.2, 0.25) is 0 Å². The molecule has 0 aliphatic heterocycles. The van der Waals surface area contributed by atoms with Crippen LogP contribution in [0.4, 0.5) is 0 Å². The van der Waals surface area contributed by atoms with Gasteiger partial charge in [-0.15, -0.1) is 0 Å². The molecule has 0 amide bonds. The molecule has 0 fully saturated rings. The fraction of sp³-hybridized carbons (Fsp3) is 0.294. The molecule has 0 atom stereocenters. The van der Waals surface area contributed by atoms with E-state index in [9.17, 15) is 5.11 Å². The van der Waals surface area contributed by atoms with Crippen LogP contribution in [-0.2, 0) is 6.61 Å². The molecule has 2 aromatic rings. The highest BCUT2D eigenvalue weighted by molar-refractivity contribution is 5.69. The molecule has 0 heterocycles. The summed E-state index contributed by atoms with van der Waals surface area (Å²) in [6.07, 6.45) is 0. The Labute approximate surface area is 119 Å². The Bertz CT molecular complexity index is 595. The van der Waals surface area contributed by atoms with E-state index in [4.69, 9.17) is 9.47 Å². The number of aliphatic hydroxyl groups excluding tert-OH is 1. The van der Waals surface area contributed by atoms with Crippen LogP contribution in [-0.4, -0.2) is 19.3 Å². The molecule has 2 aromatic carbocycles. The number of ether oxygens (including phenoxy) is 2. The quantitative estimate of drug-likeness (QED) is 0.926. The van der Waals surface area contributed by atoms with E-state index in [0.717, 1.165) is 33.6 Å². The molecule has 3 heteroatoms. The van der Waals surface area contributed by atoms with Gasteiger partial charge in [0.15, 0.2) is 11.5 Å². The lowest BCUT2D eigenvalue weighted by atomic mass is 9.96. The van der Waals surface area contributed by atoms with Gasteiger partial charge in [0, 0.05) is 0 Å². The summed E-state index contributed by atoms with van der Waals surface area (Å²) in [6, 6.07) is 10.0. The third kappa shape index (κ3) is 2.63. The predicted octanol–water partition coefficient (Wildman–Crippen LogP) is 3.48. The molecular weight excluding hydrogens is 252 g/mol. The van der Waals surface area contributed by atoms with Gasteiger partial charge in [-0.2, -0.15) is 0 Å². The molecule has 0 unspecified atom stereocenters. The standard InChI is InChI=1S/C17H20O3/c1-11-7-14(8-12(2)15(11)10-18)13-5-6-16(19-3)17(9-13)20-4/h5-9,18H,10H2,1-4H3. The largest absolute Gasteiger partial charge is 0.493 e. The molecule has 1 N–H and O–H groups in total. The van der Waals surface area contributed by atoms with Crippen molar-refractivity contribution in [2.45, 2.75) is 20.5 Å². The van der Waals surface area contributed by atoms with Gasteiger partial charge in [0.05, 0.1) is 20.8 Å². The Hall–Kier alpha value is -2.00. The van der Waals surface area contributed by atoms with Gasteiger partial charge in [-0.05, 0) is 53.8 Å². The Morgan fingerprint density at radius 2 is 1.45 bits per heavy atom. The maximum Gasteiger partial charge on any atom is 0.161 e. The summed E-state index contributed by atoms with van der Waals surface area (Å²) in [5, 5.41) is 9.37. The fourth-order valence-corrected chi connectivity index (χ4v) is 2.43. The van der Waals surface area contributed by atoms with Crippen LogP contribution < -0.4 is 9.47 Å². The van der Waals surface area contributed by atoms with E-state index in [1.54, 1.807) is 14.2 Å². The average Bonchev–Trinajstić information content (AvgIpc) is 2.46. The highest BCUT2D eigenvalue weighted by atomic mass is 16.5. The summed E-state index contributed by atoms with van der Waals surface area (Å²) in [7, 11) is 3.26.